The van der Waals surface area contributed by atoms with Gasteiger partial charge in [0.1, 0.15) is 11.6 Å². The third kappa shape index (κ3) is 2.86. The lowest BCUT2D eigenvalue weighted by Gasteiger charge is -2.22. The summed E-state index contributed by atoms with van der Waals surface area (Å²) >= 11 is 0. The molecule has 2 aromatic rings. The number of nitrogens with one attached hydrogen (secondary N) is 2. The number of H-pyrrole nitrogens is 1. The standard InChI is InChI=1S/C14H18N6O/c1-20(2)11-7-6-10(8-15-11)13(21)17-14-16-12(18-19-14)9-4-3-5-9/h6-9H,3-5H2,1-2H3,(H2,16,17,18,19,21). The Hall–Kier alpha value is -2.44. The zero-order valence-electron chi connectivity index (χ0n) is 12.1. The van der Waals surface area contributed by atoms with Crippen molar-refractivity contribution in [2.45, 2.75) is 25.2 Å². The van der Waals surface area contributed by atoms with Crippen LogP contribution in [0.5, 0.6) is 0 Å². The van der Waals surface area contributed by atoms with Crippen LogP contribution in [0, 0.1) is 0 Å². The van der Waals surface area contributed by atoms with E-state index in [1.807, 2.05) is 19.0 Å². The van der Waals surface area contributed by atoms with Crippen molar-refractivity contribution in [1.82, 2.24) is 20.2 Å². The Morgan fingerprint density at radius 3 is 2.76 bits per heavy atom. The molecule has 3 rings (SSSR count). The van der Waals surface area contributed by atoms with E-state index in [0.717, 1.165) is 24.5 Å². The topological polar surface area (TPSA) is 86.8 Å². The highest BCUT2D eigenvalue weighted by atomic mass is 16.1. The minimum atomic E-state index is -0.257. The van der Waals surface area contributed by atoms with E-state index in [-0.39, 0.29) is 5.91 Å². The maximum atomic E-state index is 12.1. The van der Waals surface area contributed by atoms with Crippen molar-refractivity contribution in [1.29, 1.82) is 0 Å². The molecule has 1 saturated carbocycles. The highest BCUT2D eigenvalue weighted by molar-refractivity contribution is 6.03. The summed E-state index contributed by atoms with van der Waals surface area (Å²) in [7, 11) is 3.80. The molecule has 0 unspecified atom stereocenters. The number of aromatic nitrogens is 4. The number of anilines is 2. The van der Waals surface area contributed by atoms with E-state index in [4.69, 9.17) is 0 Å². The van der Waals surface area contributed by atoms with E-state index < -0.39 is 0 Å². The molecule has 0 atom stereocenters. The SMILES string of the molecule is CN(C)c1ccc(C(=O)Nc2n[nH]c(C3CCC3)n2)cn1. The first-order valence-corrected chi connectivity index (χ1v) is 7.00. The molecule has 2 N–H and O–H groups in total. The summed E-state index contributed by atoms with van der Waals surface area (Å²) in [4.78, 5) is 22.5. The minimum Gasteiger partial charge on any atom is -0.363 e. The van der Waals surface area contributed by atoms with Crippen LogP contribution in [0.15, 0.2) is 18.3 Å². The van der Waals surface area contributed by atoms with E-state index in [1.165, 1.54) is 6.42 Å². The lowest BCUT2D eigenvalue weighted by molar-refractivity contribution is 0.102. The normalized spacial score (nSPS) is 14.6. The molecule has 0 radical (unpaired) electrons. The van der Waals surface area contributed by atoms with Gasteiger partial charge >= 0.3 is 0 Å². The van der Waals surface area contributed by atoms with Gasteiger partial charge < -0.3 is 4.90 Å². The fourth-order valence-corrected chi connectivity index (χ4v) is 2.15. The number of carbonyl (C=O) groups is 1. The Kier molecular flexibility index (Phi) is 3.55. The van der Waals surface area contributed by atoms with E-state index in [1.54, 1.807) is 18.3 Å². The Labute approximate surface area is 122 Å². The molecule has 0 aliphatic heterocycles. The number of amides is 1. The molecule has 21 heavy (non-hydrogen) atoms. The molecule has 0 saturated heterocycles. The first kappa shape index (κ1) is 13.5. The van der Waals surface area contributed by atoms with E-state index in [9.17, 15) is 4.79 Å². The fraction of sp³-hybridized carbons (Fsp3) is 0.429. The second-order valence-corrected chi connectivity index (χ2v) is 5.43. The predicted molar refractivity (Wildman–Crippen MR) is 79.5 cm³/mol. The highest BCUT2D eigenvalue weighted by Crippen LogP contribution is 2.34. The van der Waals surface area contributed by atoms with Crippen molar-refractivity contribution >= 4 is 17.7 Å². The van der Waals surface area contributed by atoms with Gasteiger partial charge in [-0.2, -0.15) is 4.98 Å². The number of hydrogen-bond donors (Lipinski definition) is 2. The van der Waals surface area contributed by atoms with Crippen LogP contribution >= 0.6 is 0 Å². The molecular weight excluding hydrogens is 268 g/mol. The van der Waals surface area contributed by atoms with Crippen molar-refractivity contribution in [2.24, 2.45) is 0 Å². The summed E-state index contributed by atoms with van der Waals surface area (Å²) < 4.78 is 0. The number of nitrogens with zero attached hydrogens (tertiary/aromatic N) is 4. The van der Waals surface area contributed by atoms with Gasteiger partial charge in [-0.05, 0) is 25.0 Å². The molecule has 0 aromatic carbocycles. The van der Waals surface area contributed by atoms with Gasteiger partial charge in [-0.3, -0.25) is 15.2 Å². The second kappa shape index (κ2) is 5.51. The zero-order valence-corrected chi connectivity index (χ0v) is 12.1. The van der Waals surface area contributed by atoms with Crippen LogP contribution in [0.1, 0.15) is 41.4 Å². The van der Waals surface area contributed by atoms with Crippen LogP contribution < -0.4 is 10.2 Å². The monoisotopic (exact) mass is 286 g/mol. The molecular formula is C14H18N6O. The third-order valence-electron chi connectivity index (χ3n) is 3.69. The van der Waals surface area contributed by atoms with Crippen molar-refractivity contribution < 1.29 is 4.79 Å². The van der Waals surface area contributed by atoms with Gasteiger partial charge in [-0.1, -0.05) is 6.42 Å². The average molecular weight is 286 g/mol. The predicted octanol–water partition coefficient (Wildman–Crippen LogP) is 1.79. The van der Waals surface area contributed by atoms with Crippen LogP contribution in [0.25, 0.3) is 0 Å². The van der Waals surface area contributed by atoms with Gasteiger partial charge in [0, 0.05) is 26.2 Å². The highest BCUT2D eigenvalue weighted by Gasteiger charge is 2.23. The van der Waals surface area contributed by atoms with E-state index in [0.29, 0.717) is 17.4 Å². The Morgan fingerprint density at radius 1 is 1.38 bits per heavy atom. The number of pyridine rings is 1. The lowest BCUT2D eigenvalue weighted by atomic mass is 9.85. The summed E-state index contributed by atoms with van der Waals surface area (Å²) in [5.41, 5.74) is 0.482. The molecule has 1 aliphatic carbocycles. The van der Waals surface area contributed by atoms with Crippen LogP contribution in [-0.4, -0.2) is 40.2 Å². The van der Waals surface area contributed by atoms with Crippen LogP contribution in [0.3, 0.4) is 0 Å². The first-order valence-electron chi connectivity index (χ1n) is 7.00. The Bertz CT molecular complexity index is 629. The second-order valence-electron chi connectivity index (χ2n) is 5.43. The van der Waals surface area contributed by atoms with Crippen LogP contribution in [-0.2, 0) is 0 Å². The van der Waals surface area contributed by atoms with Gasteiger partial charge in [0.15, 0.2) is 0 Å². The largest absolute Gasteiger partial charge is 0.363 e. The van der Waals surface area contributed by atoms with Crippen molar-refractivity contribution in [3.05, 3.63) is 29.7 Å². The summed E-state index contributed by atoms with van der Waals surface area (Å²) in [5.74, 6) is 2.18. The maximum absolute atomic E-state index is 12.1. The molecule has 1 aliphatic rings. The van der Waals surface area contributed by atoms with Crippen LogP contribution in [0.4, 0.5) is 11.8 Å². The van der Waals surface area contributed by atoms with Crippen LogP contribution in [0.2, 0.25) is 0 Å². The zero-order chi connectivity index (χ0) is 14.8. The summed E-state index contributed by atoms with van der Waals surface area (Å²) in [6, 6.07) is 3.53. The van der Waals surface area contributed by atoms with Crippen molar-refractivity contribution in [2.75, 3.05) is 24.3 Å². The maximum Gasteiger partial charge on any atom is 0.259 e. The molecule has 2 aromatic heterocycles. The smallest absolute Gasteiger partial charge is 0.259 e. The van der Waals surface area contributed by atoms with Gasteiger partial charge in [0.2, 0.25) is 5.95 Å². The summed E-state index contributed by atoms with van der Waals surface area (Å²) in [6.45, 7) is 0. The molecule has 1 fully saturated rings. The summed E-state index contributed by atoms with van der Waals surface area (Å²) in [5, 5.41) is 9.61. The van der Waals surface area contributed by atoms with Crippen molar-refractivity contribution in [3.63, 3.8) is 0 Å². The van der Waals surface area contributed by atoms with Gasteiger partial charge in [-0.25, -0.2) is 4.98 Å². The molecule has 0 bridgehead atoms. The Balaban J connectivity index is 1.66. The number of hydrogen-bond acceptors (Lipinski definition) is 5. The van der Waals surface area contributed by atoms with E-state index >= 15 is 0 Å². The molecule has 0 spiro atoms. The average Bonchev–Trinajstić information content (AvgIpc) is 2.85. The number of rotatable bonds is 4. The van der Waals surface area contributed by atoms with Gasteiger partial charge in [0.25, 0.3) is 5.91 Å². The third-order valence-corrected chi connectivity index (χ3v) is 3.69. The number of aromatic amines is 1. The molecule has 7 nitrogen and oxygen atoms in total. The quantitative estimate of drug-likeness (QED) is 0.894. The number of carbonyl (C=O) groups excluding carboxylic acids is 1. The molecule has 2 heterocycles. The molecule has 7 heteroatoms. The Morgan fingerprint density at radius 2 is 2.19 bits per heavy atom. The molecule has 110 valence electrons. The summed E-state index contributed by atoms with van der Waals surface area (Å²) in [6.07, 6.45) is 5.05. The fourth-order valence-electron chi connectivity index (χ4n) is 2.15. The van der Waals surface area contributed by atoms with Gasteiger partial charge in [-0.15, -0.1) is 5.10 Å². The van der Waals surface area contributed by atoms with Gasteiger partial charge in [0.05, 0.1) is 5.56 Å². The van der Waals surface area contributed by atoms with Crippen molar-refractivity contribution in [3.8, 4) is 0 Å². The minimum absolute atomic E-state index is 0.257. The molecule has 1 amide bonds. The first-order chi connectivity index (χ1) is 10.1. The van der Waals surface area contributed by atoms with E-state index in [2.05, 4.69) is 25.5 Å². The lowest BCUT2D eigenvalue weighted by Crippen LogP contribution is -2.15.